The zero-order valence-corrected chi connectivity index (χ0v) is 11.7. The van der Waals surface area contributed by atoms with Gasteiger partial charge in [0.2, 0.25) is 0 Å². The van der Waals surface area contributed by atoms with Gasteiger partial charge in [-0.15, -0.1) is 0 Å². The summed E-state index contributed by atoms with van der Waals surface area (Å²) < 4.78 is 41.9. The molecule has 1 unspecified atom stereocenters. The van der Waals surface area contributed by atoms with E-state index >= 15 is 0 Å². The second-order valence-electron chi connectivity index (χ2n) is 4.68. The summed E-state index contributed by atoms with van der Waals surface area (Å²) >= 11 is 0. The summed E-state index contributed by atoms with van der Waals surface area (Å²) in [5.74, 6) is -0.145. The average molecular weight is 295 g/mol. The molecule has 2 aromatic rings. The first-order valence-electron chi connectivity index (χ1n) is 6.49. The van der Waals surface area contributed by atoms with Gasteiger partial charge in [-0.3, -0.25) is 0 Å². The molecule has 0 aliphatic carbocycles. The van der Waals surface area contributed by atoms with Crippen molar-refractivity contribution in [3.63, 3.8) is 0 Å². The highest BCUT2D eigenvalue weighted by atomic mass is 19.3. The molecule has 0 fully saturated rings. The SMILES string of the molecule is CNC(c1ccc(OC(F)F)cc1)c1ccc(F)c(C)c1. The van der Waals surface area contributed by atoms with E-state index in [1.54, 1.807) is 38.2 Å². The van der Waals surface area contributed by atoms with Gasteiger partial charge in [0.05, 0.1) is 6.04 Å². The van der Waals surface area contributed by atoms with Crippen LogP contribution in [-0.4, -0.2) is 13.7 Å². The number of benzene rings is 2. The average Bonchev–Trinajstić information content (AvgIpc) is 2.45. The molecule has 0 heterocycles. The zero-order chi connectivity index (χ0) is 15.4. The van der Waals surface area contributed by atoms with Crippen LogP contribution in [0.25, 0.3) is 0 Å². The molecule has 2 nitrogen and oxygen atoms in total. The lowest BCUT2D eigenvalue weighted by atomic mass is 9.97. The topological polar surface area (TPSA) is 21.3 Å². The van der Waals surface area contributed by atoms with E-state index in [1.165, 1.54) is 18.2 Å². The van der Waals surface area contributed by atoms with Gasteiger partial charge in [0.25, 0.3) is 0 Å². The van der Waals surface area contributed by atoms with Gasteiger partial charge < -0.3 is 10.1 Å². The van der Waals surface area contributed by atoms with E-state index < -0.39 is 6.61 Å². The molecule has 112 valence electrons. The minimum atomic E-state index is -2.84. The molecule has 5 heteroatoms. The third kappa shape index (κ3) is 3.76. The van der Waals surface area contributed by atoms with E-state index in [2.05, 4.69) is 10.1 Å². The number of nitrogens with one attached hydrogen (secondary N) is 1. The van der Waals surface area contributed by atoms with Crippen LogP contribution in [0.15, 0.2) is 42.5 Å². The molecule has 2 rings (SSSR count). The minimum Gasteiger partial charge on any atom is -0.435 e. The summed E-state index contributed by atoms with van der Waals surface area (Å²) in [6.07, 6.45) is 0. The highest BCUT2D eigenvalue weighted by Gasteiger charge is 2.13. The second-order valence-corrected chi connectivity index (χ2v) is 4.68. The van der Waals surface area contributed by atoms with Crippen molar-refractivity contribution in [2.24, 2.45) is 0 Å². The molecule has 0 spiro atoms. The van der Waals surface area contributed by atoms with Crippen LogP contribution in [0.2, 0.25) is 0 Å². The van der Waals surface area contributed by atoms with Gasteiger partial charge >= 0.3 is 6.61 Å². The number of ether oxygens (including phenoxy) is 1. The van der Waals surface area contributed by atoms with E-state index in [-0.39, 0.29) is 17.6 Å². The summed E-state index contributed by atoms with van der Waals surface area (Å²) in [6.45, 7) is -1.14. The molecule has 0 amide bonds. The molecular formula is C16H16F3NO. The van der Waals surface area contributed by atoms with E-state index in [0.717, 1.165) is 11.1 Å². The van der Waals surface area contributed by atoms with Gasteiger partial charge in [0.15, 0.2) is 0 Å². The smallest absolute Gasteiger partial charge is 0.387 e. The third-order valence-electron chi connectivity index (χ3n) is 3.24. The third-order valence-corrected chi connectivity index (χ3v) is 3.24. The van der Waals surface area contributed by atoms with Gasteiger partial charge in [-0.2, -0.15) is 8.78 Å². The highest BCUT2D eigenvalue weighted by molar-refractivity contribution is 5.37. The first-order chi connectivity index (χ1) is 10.0. The number of halogens is 3. The molecule has 1 N–H and O–H groups in total. The minimum absolute atomic E-state index is 0.110. The van der Waals surface area contributed by atoms with Gasteiger partial charge in [-0.1, -0.05) is 24.3 Å². The van der Waals surface area contributed by atoms with E-state index in [1.807, 2.05) is 0 Å². The zero-order valence-electron chi connectivity index (χ0n) is 11.7. The van der Waals surface area contributed by atoms with Crippen LogP contribution in [-0.2, 0) is 0 Å². The molecule has 0 saturated heterocycles. The molecule has 0 aromatic heterocycles. The Labute approximate surface area is 121 Å². The first-order valence-corrected chi connectivity index (χ1v) is 6.49. The summed E-state index contributed by atoms with van der Waals surface area (Å²) in [4.78, 5) is 0. The number of alkyl halides is 2. The lowest BCUT2D eigenvalue weighted by molar-refractivity contribution is -0.0498. The van der Waals surface area contributed by atoms with Crippen LogP contribution in [0.5, 0.6) is 5.75 Å². The van der Waals surface area contributed by atoms with Crippen molar-refractivity contribution in [2.45, 2.75) is 19.6 Å². The number of hydrogen-bond donors (Lipinski definition) is 1. The number of rotatable bonds is 5. The first kappa shape index (κ1) is 15.4. The largest absolute Gasteiger partial charge is 0.435 e. The van der Waals surface area contributed by atoms with Crippen molar-refractivity contribution in [1.29, 1.82) is 0 Å². The maximum absolute atomic E-state index is 13.3. The predicted molar refractivity (Wildman–Crippen MR) is 75.1 cm³/mol. The van der Waals surface area contributed by atoms with E-state index in [0.29, 0.717) is 5.56 Å². The highest BCUT2D eigenvalue weighted by Crippen LogP contribution is 2.25. The fourth-order valence-corrected chi connectivity index (χ4v) is 2.21. The lowest BCUT2D eigenvalue weighted by Crippen LogP contribution is -2.17. The van der Waals surface area contributed by atoms with E-state index in [9.17, 15) is 13.2 Å². The van der Waals surface area contributed by atoms with E-state index in [4.69, 9.17) is 0 Å². The van der Waals surface area contributed by atoms with Crippen LogP contribution < -0.4 is 10.1 Å². The maximum atomic E-state index is 13.3. The molecule has 0 saturated carbocycles. The van der Waals surface area contributed by atoms with Crippen molar-refractivity contribution in [2.75, 3.05) is 7.05 Å². The van der Waals surface area contributed by atoms with Crippen molar-refractivity contribution < 1.29 is 17.9 Å². The lowest BCUT2D eigenvalue weighted by Gasteiger charge is -2.18. The molecule has 0 aliphatic heterocycles. The molecule has 0 bridgehead atoms. The Morgan fingerprint density at radius 2 is 1.62 bits per heavy atom. The summed E-state index contributed by atoms with van der Waals surface area (Å²) in [6, 6.07) is 11.1. The molecule has 21 heavy (non-hydrogen) atoms. The Morgan fingerprint density at radius 1 is 1.00 bits per heavy atom. The molecule has 0 radical (unpaired) electrons. The fourth-order valence-electron chi connectivity index (χ4n) is 2.21. The monoisotopic (exact) mass is 295 g/mol. The Kier molecular flexibility index (Phi) is 4.85. The Hall–Kier alpha value is -2.01. The van der Waals surface area contributed by atoms with Gasteiger partial charge in [0, 0.05) is 0 Å². The number of aryl methyl sites for hydroxylation is 1. The Balaban J connectivity index is 2.26. The van der Waals surface area contributed by atoms with Crippen molar-refractivity contribution in [3.05, 3.63) is 65.0 Å². The van der Waals surface area contributed by atoms with Crippen LogP contribution in [0.1, 0.15) is 22.7 Å². The molecule has 2 aromatic carbocycles. The van der Waals surface area contributed by atoms with Crippen LogP contribution >= 0.6 is 0 Å². The normalized spacial score (nSPS) is 12.5. The number of hydrogen-bond acceptors (Lipinski definition) is 2. The Bertz CT molecular complexity index is 599. The summed E-state index contributed by atoms with van der Waals surface area (Å²) in [5.41, 5.74) is 2.34. The fraction of sp³-hybridized carbons (Fsp3) is 0.250. The second kappa shape index (κ2) is 6.63. The van der Waals surface area contributed by atoms with Crippen LogP contribution in [0.3, 0.4) is 0 Å². The van der Waals surface area contributed by atoms with Crippen molar-refractivity contribution in [3.8, 4) is 5.75 Å². The van der Waals surface area contributed by atoms with Crippen molar-refractivity contribution in [1.82, 2.24) is 5.32 Å². The van der Waals surface area contributed by atoms with Gasteiger partial charge in [-0.25, -0.2) is 4.39 Å². The standard InChI is InChI=1S/C16H16F3NO/c1-10-9-12(5-8-14(10)17)15(20-2)11-3-6-13(7-4-11)21-16(18)19/h3-9,15-16,20H,1-2H3. The summed E-state index contributed by atoms with van der Waals surface area (Å²) in [5, 5.41) is 3.13. The Morgan fingerprint density at radius 3 is 2.14 bits per heavy atom. The van der Waals surface area contributed by atoms with Gasteiger partial charge in [0.1, 0.15) is 11.6 Å². The molecule has 0 aliphatic rings. The summed E-state index contributed by atoms with van der Waals surface area (Å²) in [7, 11) is 1.78. The van der Waals surface area contributed by atoms with Gasteiger partial charge in [-0.05, 0) is 48.9 Å². The maximum Gasteiger partial charge on any atom is 0.387 e. The van der Waals surface area contributed by atoms with Crippen LogP contribution in [0.4, 0.5) is 13.2 Å². The van der Waals surface area contributed by atoms with Crippen molar-refractivity contribution >= 4 is 0 Å². The van der Waals surface area contributed by atoms with Crippen LogP contribution in [0, 0.1) is 12.7 Å². The molecule has 1 atom stereocenters. The quantitative estimate of drug-likeness (QED) is 0.898. The predicted octanol–water partition coefficient (Wildman–Crippen LogP) is 4.04. The molecular weight excluding hydrogens is 279 g/mol.